The molecule has 2 unspecified atom stereocenters. The zero-order valence-corrected chi connectivity index (χ0v) is 22.3. The lowest BCUT2D eigenvalue weighted by atomic mass is 9.94. The average Bonchev–Trinajstić information content (AvgIpc) is 3.32. The van der Waals surface area contributed by atoms with Gasteiger partial charge in [-0.15, -0.1) is 0 Å². The van der Waals surface area contributed by atoms with E-state index < -0.39 is 5.82 Å². The van der Waals surface area contributed by atoms with Gasteiger partial charge in [0.25, 0.3) is 0 Å². The molecule has 0 amide bonds. The summed E-state index contributed by atoms with van der Waals surface area (Å²) in [6.45, 7) is 6.69. The molecule has 8 heteroatoms. The Morgan fingerprint density at radius 2 is 1.90 bits per heavy atom. The van der Waals surface area contributed by atoms with Crippen LogP contribution in [0.3, 0.4) is 0 Å². The number of hydrogen-bond acceptors (Lipinski definition) is 6. The second-order valence-corrected chi connectivity index (χ2v) is 11.6. The molecule has 2 aliphatic heterocycles. The molecule has 0 spiro atoms. The van der Waals surface area contributed by atoms with E-state index in [9.17, 15) is 9.50 Å². The maximum Gasteiger partial charge on any atom is 0.317 e. The molecule has 4 aromatic rings. The maximum atomic E-state index is 16.5. The molecule has 2 aromatic heterocycles. The first-order chi connectivity index (χ1) is 18.9. The van der Waals surface area contributed by atoms with Crippen LogP contribution >= 0.6 is 0 Å². The van der Waals surface area contributed by atoms with Crippen molar-refractivity contribution >= 4 is 21.7 Å². The molecule has 2 saturated heterocycles. The van der Waals surface area contributed by atoms with Crippen molar-refractivity contribution in [1.82, 2.24) is 19.9 Å². The first-order valence-corrected chi connectivity index (χ1v) is 14.1. The summed E-state index contributed by atoms with van der Waals surface area (Å²) in [5, 5.41) is 12.2. The molecule has 4 heterocycles. The largest absolute Gasteiger partial charge is 0.508 e. The predicted molar refractivity (Wildman–Crippen MR) is 146 cm³/mol. The minimum Gasteiger partial charge on any atom is -0.508 e. The van der Waals surface area contributed by atoms with Crippen LogP contribution < -0.4 is 4.74 Å². The minimum absolute atomic E-state index is 0.0222. The fraction of sp³-hybridized carbons (Fsp3) is 0.452. The van der Waals surface area contributed by atoms with Gasteiger partial charge in [0, 0.05) is 23.1 Å². The van der Waals surface area contributed by atoms with Gasteiger partial charge in [-0.2, -0.15) is 9.97 Å². The third kappa shape index (κ3) is 3.94. The average molecular weight is 531 g/mol. The maximum absolute atomic E-state index is 16.5. The second kappa shape index (κ2) is 9.08. The monoisotopic (exact) mass is 530 g/mol. The molecule has 3 aliphatic rings. The number of fused-ring (bicyclic) bond motifs is 3. The number of aromatic nitrogens is 3. The van der Waals surface area contributed by atoms with Crippen LogP contribution in [0.15, 0.2) is 30.5 Å². The molecule has 2 atom stereocenters. The van der Waals surface area contributed by atoms with E-state index in [1.165, 1.54) is 12.1 Å². The van der Waals surface area contributed by atoms with E-state index in [1.807, 2.05) is 6.92 Å². The summed E-state index contributed by atoms with van der Waals surface area (Å²) in [7, 11) is 0. The Labute approximate surface area is 226 Å². The number of phenols is 1. The summed E-state index contributed by atoms with van der Waals surface area (Å²) >= 11 is 0. The minimum atomic E-state index is -0.617. The third-order valence-corrected chi connectivity index (χ3v) is 9.20. The molecule has 0 bridgehead atoms. The van der Waals surface area contributed by atoms with Gasteiger partial charge < -0.3 is 9.84 Å². The third-order valence-electron chi connectivity index (χ3n) is 9.20. The fourth-order valence-corrected chi connectivity index (χ4v) is 6.99. The van der Waals surface area contributed by atoms with Crippen molar-refractivity contribution in [3.63, 3.8) is 0 Å². The Balaban J connectivity index is 1.38. The van der Waals surface area contributed by atoms with Crippen molar-refractivity contribution in [2.45, 2.75) is 63.8 Å². The number of ether oxygens (including phenoxy) is 1. The SMILES string of the molecule is CCc1c(F)ccc2cc(O)cc(-c3ncc4c(C5CC5C)nc(OCC56CCCN5CCC6)nc4c3F)c12. The molecule has 3 fully saturated rings. The van der Waals surface area contributed by atoms with E-state index in [2.05, 4.69) is 21.8 Å². The molecule has 6 nitrogen and oxygen atoms in total. The van der Waals surface area contributed by atoms with Gasteiger partial charge in [0.05, 0.1) is 11.2 Å². The van der Waals surface area contributed by atoms with Crippen molar-refractivity contribution in [3.05, 3.63) is 53.4 Å². The summed E-state index contributed by atoms with van der Waals surface area (Å²) < 4.78 is 37.5. The van der Waals surface area contributed by atoms with E-state index in [4.69, 9.17) is 9.72 Å². The summed E-state index contributed by atoms with van der Waals surface area (Å²) in [6.07, 6.45) is 7.52. The number of aromatic hydroxyl groups is 1. The fourth-order valence-electron chi connectivity index (χ4n) is 6.99. The quantitative estimate of drug-likeness (QED) is 0.306. The second-order valence-electron chi connectivity index (χ2n) is 11.6. The van der Waals surface area contributed by atoms with Crippen LogP contribution in [0.4, 0.5) is 8.78 Å². The molecule has 2 aromatic carbocycles. The van der Waals surface area contributed by atoms with Crippen LogP contribution in [0.2, 0.25) is 0 Å². The van der Waals surface area contributed by atoms with Crippen LogP contribution in [0.1, 0.15) is 63.1 Å². The van der Waals surface area contributed by atoms with Crippen molar-refractivity contribution in [2.24, 2.45) is 5.92 Å². The van der Waals surface area contributed by atoms with Crippen LogP contribution in [0.5, 0.6) is 11.8 Å². The Kier molecular flexibility index (Phi) is 5.74. The smallest absolute Gasteiger partial charge is 0.317 e. The summed E-state index contributed by atoms with van der Waals surface area (Å²) in [5.74, 6) is -0.367. The standard InChI is InChI=1S/C31H32F2N4O2/c1-3-20-24(32)7-6-18-13-19(38)14-22(25(18)20)28-26(33)29-23(15-34-28)27(21-12-17(21)2)35-30(36-29)39-16-31-8-4-10-37(31)11-5-9-31/h6-7,13-15,17,21,38H,3-5,8-12,16H2,1-2H3. The Morgan fingerprint density at radius 1 is 1.13 bits per heavy atom. The number of pyridine rings is 1. The zero-order chi connectivity index (χ0) is 26.9. The predicted octanol–water partition coefficient (Wildman–Crippen LogP) is 6.52. The molecule has 39 heavy (non-hydrogen) atoms. The highest BCUT2D eigenvalue weighted by Crippen LogP contribution is 2.49. The van der Waals surface area contributed by atoms with Crippen LogP contribution in [-0.4, -0.2) is 50.2 Å². The number of aryl methyl sites for hydroxylation is 1. The van der Waals surface area contributed by atoms with Crippen LogP contribution in [0.25, 0.3) is 32.9 Å². The number of nitrogens with zero attached hydrogens (tertiary/aromatic N) is 4. The van der Waals surface area contributed by atoms with Gasteiger partial charge in [-0.05, 0) is 92.1 Å². The highest BCUT2D eigenvalue weighted by molar-refractivity contribution is 6.01. The van der Waals surface area contributed by atoms with E-state index in [0.717, 1.165) is 50.9 Å². The molecular formula is C31H32F2N4O2. The number of benzene rings is 2. The first-order valence-electron chi connectivity index (χ1n) is 14.1. The van der Waals surface area contributed by atoms with Gasteiger partial charge in [-0.1, -0.05) is 19.9 Å². The lowest BCUT2D eigenvalue weighted by Gasteiger charge is -2.31. The van der Waals surface area contributed by atoms with E-state index in [0.29, 0.717) is 46.2 Å². The summed E-state index contributed by atoms with van der Waals surface area (Å²) in [5.41, 5.74) is 1.77. The van der Waals surface area contributed by atoms with Crippen LogP contribution in [0, 0.1) is 17.6 Å². The van der Waals surface area contributed by atoms with Gasteiger partial charge >= 0.3 is 6.01 Å². The molecular weight excluding hydrogens is 498 g/mol. The molecule has 1 N–H and O–H groups in total. The van der Waals surface area contributed by atoms with Gasteiger partial charge in [0.1, 0.15) is 29.4 Å². The normalized spacial score (nSPS) is 22.1. The summed E-state index contributed by atoms with van der Waals surface area (Å²) in [4.78, 5) is 16.4. The van der Waals surface area contributed by atoms with E-state index in [1.54, 1.807) is 18.3 Å². The number of rotatable bonds is 6. The molecule has 0 radical (unpaired) electrons. The zero-order valence-electron chi connectivity index (χ0n) is 22.3. The van der Waals surface area contributed by atoms with Gasteiger partial charge in [-0.25, -0.2) is 8.78 Å². The molecule has 7 rings (SSSR count). The summed E-state index contributed by atoms with van der Waals surface area (Å²) in [6, 6.07) is 6.19. The molecule has 1 saturated carbocycles. The van der Waals surface area contributed by atoms with E-state index in [-0.39, 0.29) is 40.2 Å². The Morgan fingerprint density at radius 3 is 2.62 bits per heavy atom. The van der Waals surface area contributed by atoms with Crippen molar-refractivity contribution in [1.29, 1.82) is 0 Å². The Bertz CT molecular complexity index is 1610. The number of halogens is 2. The lowest BCUT2D eigenvalue weighted by molar-refractivity contribution is 0.107. The molecule has 1 aliphatic carbocycles. The van der Waals surface area contributed by atoms with Crippen molar-refractivity contribution < 1.29 is 18.6 Å². The van der Waals surface area contributed by atoms with Gasteiger partial charge in [0.2, 0.25) is 0 Å². The van der Waals surface area contributed by atoms with E-state index >= 15 is 4.39 Å². The topological polar surface area (TPSA) is 71.4 Å². The van der Waals surface area contributed by atoms with Crippen molar-refractivity contribution in [3.8, 4) is 23.0 Å². The number of hydrogen-bond donors (Lipinski definition) is 1. The van der Waals surface area contributed by atoms with Crippen LogP contribution in [-0.2, 0) is 6.42 Å². The lowest BCUT2D eigenvalue weighted by Crippen LogP contribution is -2.43. The first kappa shape index (κ1) is 24.6. The van der Waals surface area contributed by atoms with Gasteiger partial charge in [-0.3, -0.25) is 9.88 Å². The van der Waals surface area contributed by atoms with Crippen molar-refractivity contribution in [2.75, 3.05) is 19.7 Å². The molecule has 202 valence electrons. The highest BCUT2D eigenvalue weighted by Gasteiger charge is 2.45. The highest BCUT2D eigenvalue weighted by atomic mass is 19.1. The Hall–Kier alpha value is -3.39. The number of phenolic OH excluding ortho intramolecular Hbond substituents is 1. The van der Waals surface area contributed by atoms with Gasteiger partial charge in [0.15, 0.2) is 5.82 Å².